The highest BCUT2D eigenvalue weighted by molar-refractivity contribution is 5.97. The van der Waals surface area contributed by atoms with E-state index in [0.29, 0.717) is 0 Å². The minimum Gasteiger partial charge on any atom is -0.310 e. The van der Waals surface area contributed by atoms with Gasteiger partial charge in [-0.2, -0.15) is 0 Å². The maximum atomic E-state index is 2.54. The summed E-state index contributed by atoms with van der Waals surface area (Å²) in [5.74, 6) is 0. The van der Waals surface area contributed by atoms with E-state index < -0.39 is 5.41 Å². The molecule has 0 N–H and O–H groups in total. The van der Waals surface area contributed by atoms with Gasteiger partial charge in [0.15, 0.2) is 0 Å². The van der Waals surface area contributed by atoms with Crippen molar-refractivity contribution in [2.45, 2.75) is 43.9 Å². The quantitative estimate of drug-likeness (QED) is 0.159. The van der Waals surface area contributed by atoms with Crippen LogP contribution in [-0.2, 0) is 10.8 Å². The molecule has 0 fully saturated rings. The lowest BCUT2D eigenvalue weighted by molar-refractivity contribution is 0.461. The Morgan fingerprint density at radius 3 is 1.36 bits per heavy atom. The van der Waals surface area contributed by atoms with Gasteiger partial charge in [-0.3, -0.25) is 0 Å². The highest BCUT2D eigenvalue weighted by Crippen LogP contribution is 2.63. The summed E-state index contributed by atoms with van der Waals surface area (Å²) in [5.41, 5.74) is 21.9. The zero-order chi connectivity index (χ0) is 37.4. The third kappa shape index (κ3) is 4.37. The molecule has 1 nitrogen and oxygen atoms in total. The lowest BCUT2D eigenvalue weighted by Gasteiger charge is -2.34. The maximum absolute atomic E-state index is 2.54. The molecule has 56 heavy (non-hydrogen) atoms. The van der Waals surface area contributed by atoms with Crippen LogP contribution in [0.3, 0.4) is 0 Å². The van der Waals surface area contributed by atoms with Gasteiger partial charge >= 0.3 is 0 Å². The first-order valence-corrected chi connectivity index (χ1v) is 20.3. The zero-order valence-electron chi connectivity index (χ0n) is 32.0. The highest BCUT2D eigenvalue weighted by atomic mass is 15.1. The Bertz CT molecular complexity index is 2760. The molecule has 11 rings (SSSR count). The van der Waals surface area contributed by atoms with Crippen molar-refractivity contribution in [1.29, 1.82) is 0 Å². The Hall–Kier alpha value is -6.44. The summed E-state index contributed by atoms with van der Waals surface area (Å²) < 4.78 is 0. The molecule has 0 bridgehead atoms. The van der Waals surface area contributed by atoms with Crippen LogP contribution in [0.25, 0.3) is 44.5 Å². The van der Waals surface area contributed by atoms with Crippen LogP contribution in [0.2, 0.25) is 0 Å². The van der Waals surface area contributed by atoms with Gasteiger partial charge in [-0.25, -0.2) is 0 Å². The van der Waals surface area contributed by atoms with Crippen molar-refractivity contribution in [2.75, 3.05) is 4.90 Å². The van der Waals surface area contributed by atoms with Crippen molar-refractivity contribution in [1.82, 2.24) is 0 Å². The third-order valence-corrected chi connectivity index (χ3v) is 13.3. The molecule has 1 heteroatoms. The van der Waals surface area contributed by atoms with E-state index in [1.165, 1.54) is 89.3 Å². The molecule has 0 radical (unpaired) electrons. The van der Waals surface area contributed by atoms with E-state index in [0.717, 1.165) is 24.9 Å². The second kappa shape index (κ2) is 12.5. The Morgan fingerprint density at radius 2 is 0.804 bits per heavy atom. The van der Waals surface area contributed by atoms with Crippen LogP contribution in [0.4, 0.5) is 17.1 Å². The summed E-state index contributed by atoms with van der Waals surface area (Å²) in [7, 11) is 0. The highest BCUT2D eigenvalue weighted by Gasteiger charge is 2.51. The molecular weight excluding hydrogens is 675 g/mol. The number of nitrogens with zero attached hydrogens (tertiary/aromatic N) is 1. The van der Waals surface area contributed by atoms with Crippen molar-refractivity contribution >= 4 is 17.1 Å². The minimum absolute atomic E-state index is 0.0256. The molecule has 3 aliphatic carbocycles. The number of anilines is 3. The SMILES string of the molecule is CCCC1(CC)c2ccccc2-c2ccc(N(c3ccc4c(c3)C3(c5ccccc5-c5ccccc53)c3ccccc3-4)c3ccccc3-c3ccccc3)cc21. The van der Waals surface area contributed by atoms with Crippen LogP contribution < -0.4 is 4.90 Å². The number of benzene rings is 8. The van der Waals surface area contributed by atoms with Crippen LogP contribution in [0.1, 0.15) is 66.5 Å². The van der Waals surface area contributed by atoms with Gasteiger partial charge in [-0.05, 0) is 115 Å². The first kappa shape index (κ1) is 32.9. The summed E-state index contributed by atoms with van der Waals surface area (Å²) >= 11 is 0. The van der Waals surface area contributed by atoms with E-state index in [1.54, 1.807) is 0 Å². The van der Waals surface area contributed by atoms with Crippen LogP contribution in [0.15, 0.2) is 188 Å². The van der Waals surface area contributed by atoms with Gasteiger partial charge in [0.2, 0.25) is 0 Å². The van der Waals surface area contributed by atoms with Crippen LogP contribution in [0.5, 0.6) is 0 Å². The first-order valence-electron chi connectivity index (χ1n) is 20.3. The fourth-order valence-electron chi connectivity index (χ4n) is 11.0. The fraction of sp³-hybridized carbons (Fsp3) is 0.127. The van der Waals surface area contributed by atoms with Crippen LogP contribution in [-0.4, -0.2) is 0 Å². The fourth-order valence-corrected chi connectivity index (χ4v) is 11.0. The summed E-state index contributed by atoms with van der Waals surface area (Å²) in [4.78, 5) is 2.54. The lowest BCUT2D eigenvalue weighted by Crippen LogP contribution is -2.26. The number of hydrogen-bond donors (Lipinski definition) is 0. The maximum Gasteiger partial charge on any atom is 0.0726 e. The van der Waals surface area contributed by atoms with Crippen molar-refractivity contribution in [3.05, 3.63) is 221 Å². The molecule has 3 aliphatic rings. The van der Waals surface area contributed by atoms with E-state index in [9.17, 15) is 0 Å². The third-order valence-electron chi connectivity index (χ3n) is 13.3. The molecule has 1 atom stereocenters. The number of hydrogen-bond acceptors (Lipinski definition) is 1. The summed E-state index contributed by atoms with van der Waals surface area (Å²) in [6, 6.07) is 70.9. The number of rotatable bonds is 7. The first-order chi connectivity index (χ1) is 27.7. The molecule has 1 spiro atoms. The van der Waals surface area contributed by atoms with Crippen molar-refractivity contribution in [3.8, 4) is 44.5 Å². The standard InChI is InChI=1S/C55H43N/c1-3-34-54(4-2)47-25-13-8-21-41(47)45-32-30-38(35-51(45)54)56(53-29-17-12-20-40(53)37-18-6-5-7-19-37)39-31-33-46-44-24-11-16-28-50(44)55(52(46)36-39)48-26-14-9-22-42(48)43-23-10-15-27-49(43)55/h5-33,35-36H,3-4,34H2,1-2H3. The van der Waals surface area contributed by atoms with Gasteiger partial charge in [0.1, 0.15) is 0 Å². The molecule has 268 valence electrons. The minimum atomic E-state index is -0.419. The largest absolute Gasteiger partial charge is 0.310 e. The van der Waals surface area contributed by atoms with Gasteiger partial charge in [0.05, 0.1) is 11.1 Å². The molecular formula is C55H43N. The Balaban J connectivity index is 1.20. The molecule has 0 amide bonds. The van der Waals surface area contributed by atoms with Gasteiger partial charge in [0.25, 0.3) is 0 Å². The van der Waals surface area contributed by atoms with Crippen molar-refractivity contribution < 1.29 is 0 Å². The molecule has 0 aliphatic heterocycles. The van der Waals surface area contributed by atoms with E-state index in [-0.39, 0.29) is 5.41 Å². The second-order valence-corrected chi connectivity index (χ2v) is 15.8. The summed E-state index contributed by atoms with van der Waals surface area (Å²) in [6.45, 7) is 4.72. The van der Waals surface area contributed by atoms with Crippen molar-refractivity contribution in [2.24, 2.45) is 0 Å². The molecule has 8 aromatic rings. The van der Waals surface area contributed by atoms with Gasteiger partial charge in [0, 0.05) is 22.4 Å². The van der Waals surface area contributed by atoms with E-state index >= 15 is 0 Å². The summed E-state index contributed by atoms with van der Waals surface area (Å²) in [6.07, 6.45) is 3.31. The van der Waals surface area contributed by atoms with Crippen molar-refractivity contribution in [3.63, 3.8) is 0 Å². The Morgan fingerprint density at radius 1 is 0.375 bits per heavy atom. The Kier molecular flexibility index (Phi) is 7.38. The van der Waals surface area contributed by atoms with Crippen LogP contribution in [0, 0.1) is 0 Å². The molecule has 1 unspecified atom stereocenters. The normalized spacial score (nSPS) is 16.1. The van der Waals surface area contributed by atoms with E-state index in [1.807, 2.05) is 0 Å². The predicted molar refractivity (Wildman–Crippen MR) is 234 cm³/mol. The Labute approximate surface area is 330 Å². The summed E-state index contributed by atoms with van der Waals surface area (Å²) in [5, 5.41) is 0. The topological polar surface area (TPSA) is 3.24 Å². The monoisotopic (exact) mass is 717 g/mol. The molecule has 0 saturated heterocycles. The lowest BCUT2D eigenvalue weighted by atomic mass is 9.70. The predicted octanol–water partition coefficient (Wildman–Crippen LogP) is 14.6. The number of fused-ring (bicyclic) bond motifs is 13. The molecule has 0 heterocycles. The number of para-hydroxylation sites is 1. The average molecular weight is 718 g/mol. The zero-order valence-corrected chi connectivity index (χ0v) is 32.0. The average Bonchev–Trinajstić information content (AvgIpc) is 3.84. The second-order valence-electron chi connectivity index (χ2n) is 15.8. The molecule has 0 aromatic heterocycles. The molecule has 0 saturated carbocycles. The van der Waals surface area contributed by atoms with Gasteiger partial charge < -0.3 is 4.90 Å². The smallest absolute Gasteiger partial charge is 0.0726 e. The van der Waals surface area contributed by atoms with Gasteiger partial charge in [-0.15, -0.1) is 0 Å². The van der Waals surface area contributed by atoms with Gasteiger partial charge in [-0.1, -0.05) is 178 Å². The molecule has 8 aromatic carbocycles. The van der Waals surface area contributed by atoms with E-state index in [2.05, 4.69) is 207 Å². The van der Waals surface area contributed by atoms with E-state index in [4.69, 9.17) is 0 Å². The van der Waals surface area contributed by atoms with Crippen LogP contribution >= 0.6 is 0 Å².